The van der Waals surface area contributed by atoms with Crippen molar-refractivity contribution >= 4 is 23.3 Å². The van der Waals surface area contributed by atoms with Gasteiger partial charge in [0.1, 0.15) is 11.5 Å². The first-order valence-electron chi connectivity index (χ1n) is 5.16. The lowest BCUT2D eigenvalue weighted by Gasteiger charge is -2.04. The number of hydrogen-bond donors (Lipinski definition) is 2. The third-order valence-electron chi connectivity index (χ3n) is 2.29. The minimum absolute atomic E-state index is 0.272. The molecule has 17 heavy (non-hydrogen) atoms. The van der Waals surface area contributed by atoms with Gasteiger partial charge in [-0.05, 0) is 18.6 Å². The number of aryl methyl sites for hydroxylation is 1. The SMILES string of the molecule is CCc1cn[nH]c1NC(=O)c1cc(Cl)ccn1. The third-order valence-corrected chi connectivity index (χ3v) is 2.53. The van der Waals surface area contributed by atoms with E-state index >= 15 is 0 Å². The second-order valence-electron chi connectivity index (χ2n) is 3.44. The fourth-order valence-electron chi connectivity index (χ4n) is 1.39. The Morgan fingerprint density at radius 1 is 1.59 bits per heavy atom. The Morgan fingerprint density at radius 2 is 2.41 bits per heavy atom. The van der Waals surface area contributed by atoms with Crippen molar-refractivity contribution in [2.24, 2.45) is 0 Å². The molecule has 2 N–H and O–H groups in total. The Morgan fingerprint density at radius 3 is 3.12 bits per heavy atom. The lowest BCUT2D eigenvalue weighted by Crippen LogP contribution is -2.14. The number of carbonyl (C=O) groups excluding carboxylic acids is 1. The fraction of sp³-hybridized carbons (Fsp3) is 0.182. The summed E-state index contributed by atoms with van der Waals surface area (Å²) in [5.74, 6) is 0.283. The first-order chi connectivity index (χ1) is 8.20. The lowest BCUT2D eigenvalue weighted by molar-refractivity contribution is 0.102. The zero-order valence-corrected chi connectivity index (χ0v) is 9.95. The summed E-state index contributed by atoms with van der Waals surface area (Å²) in [6.45, 7) is 1.98. The van der Waals surface area contributed by atoms with Crippen LogP contribution in [0.15, 0.2) is 24.5 Å². The van der Waals surface area contributed by atoms with Gasteiger partial charge in [0.2, 0.25) is 0 Å². The van der Waals surface area contributed by atoms with Gasteiger partial charge in [0, 0.05) is 16.8 Å². The number of aromatic nitrogens is 3. The molecular weight excluding hydrogens is 240 g/mol. The molecule has 2 aromatic rings. The zero-order valence-electron chi connectivity index (χ0n) is 9.20. The molecule has 0 saturated carbocycles. The maximum Gasteiger partial charge on any atom is 0.275 e. The lowest BCUT2D eigenvalue weighted by atomic mass is 10.2. The Balaban J connectivity index is 2.17. The van der Waals surface area contributed by atoms with Gasteiger partial charge in [-0.15, -0.1) is 0 Å². The van der Waals surface area contributed by atoms with Crippen molar-refractivity contribution in [2.45, 2.75) is 13.3 Å². The number of nitrogens with one attached hydrogen (secondary N) is 2. The predicted octanol–water partition coefficient (Wildman–Crippen LogP) is 2.27. The molecule has 2 aromatic heterocycles. The number of carbonyl (C=O) groups is 1. The van der Waals surface area contributed by atoms with Gasteiger partial charge in [0.05, 0.1) is 6.20 Å². The van der Waals surface area contributed by atoms with E-state index in [-0.39, 0.29) is 11.6 Å². The van der Waals surface area contributed by atoms with Crippen molar-refractivity contribution < 1.29 is 4.79 Å². The number of amides is 1. The molecule has 0 saturated heterocycles. The van der Waals surface area contributed by atoms with E-state index < -0.39 is 0 Å². The molecule has 0 bridgehead atoms. The summed E-state index contributed by atoms with van der Waals surface area (Å²) in [6, 6.07) is 3.13. The minimum atomic E-state index is -0.313. The van der Waals surface area contributed by atoms with Crippen LogP contribution in [0.4, 0.5) is 5.82 Å². The second kappa shape index (κ2) is 4.97. The van der Waals surface area contributed by atoms with E-state index in [1.807, 2.05) is 6.92 Å². The number of nitrogens with zero attached hydrogens (tertiary/aromatic N) is 2. The molecule has 0 aromatic carbocycles. The number of anilines is 1. The van der Waals surface area contributed by atoms with Gasteiger partial charge in [0.25, 0.3) is 5.91 Å². The van der Waals surface area contributed by atoms with Crippen molar-refractivity contribution in [1.29, 1.82) is 0 Å². The van der Waals surface area contributed by atoms with E-state index in [1.165, 1.54) is 12.3 Å². The largest absolute Gasteiger partial charge is 0.305 e. The molecule has 1 amide bonds. The molecular formula is C11H11ClN4O. The molecule has 0 atom stereocenters. The molecule has 88 valence electrons. The van der Waals surface area contributed by atoms with E-state index in [1.54, 1.807) is 12.3 Å². The second-order valence-corrected chi connectivity index (χ2v) is 3.87. The van der Waals surface area contributed by atoms with Crippen molar-refractivity contribution in [3.8, 4) is 0 Å². The van der Waals surface area contributed by atoms with Crippen molar-refractivity contribution in [2.75, 3.05) is 5.32 Å². The van der Waals surface area contributed by atoms with Crippen LogP contribution in [0.3, 0.4) is 0 Å². The van der Waals surface area contributed by atoms with Crippen LogP contribution in [0.25, 0.3) is 0 Å². The van der Waals surface area contributed by atoms with Crippen LogP contribution in [0, 0.1) is 0 Å². The fourth-order valence-corrected chi connectivity index (χ4v) is 1.55. The Kier molecular flexibility index (Phi) is 3.39. The summed E-state index contributed by atoms with van der Waals surface area (Å²) in [5.41, 5.74) is 1.22. The smallest absolute Gasteiger partial charge is 0.275 e. The molecule has 0 aliphatic carbocycles. The summed E-state index contributed by atoms with van der Waals surface area (Å²) < 4.78 is 0. The number of H-pyrrole nitrogens is 1. The highest BCUT2D eigenvalue weighted by Crippen LogP contribution is 2.13. The molecule has 5 nitrogen and oxygen atoms in total. The van der Waals surface area contributed by atoms with Crippen molar-refractivity contribution in [1.82, 2.24) is 15.2 Å². The highest BCUT2D eigenvalue weighted by Gasteiger charge is 2.11. The van der Waals surface area contributed by atoms with Gasteiger partial charge in [-0.1, -0.05) is 18.5 Å². The Hall–Kier alpha value is -1.88. The molecule has 0 aliphatic rings. The number of aromatic amines is 1. The van der Waals surface area contributed by atoms with E-state index in [0.717, 1.165) is 12.0 Å². The van der Waals surface area contributed by atoms with E-state index in [4.69, 9.17) is 11.6 Å². The van der Waals surface area contributed by atoms with Crippen molar-refractivity contribution in [3.05, 3.63) is 40.8 Å². The average Bonchev–Trinajstić information content (AvgIpc) is 2.76. The number of halogens is 1. The number of pyridine rings is 1. The van der Waals surface area contributed by atoms with Crippen LogP contribution in [0.5, 0.6) is 0 Å². The topological polar surface area (TPSA) is 70.7 Å². The van der Waals surface area contributed by atoms with Crippen LogP contribution in [-0.4, -0.2) is 21.1 Å². The van der Waals surface area contributed by atoms with Gasteiger partial charge in [-0.2, -0.15) is 5.10 Å². The van der Waals surface area contributed by atoms with E-state index in [2.05, 4.69) is 20.5 Å². The van der Waals surface area contributed by atoms with Crippen LogP contribution >= 0.6 is 11.6 Å². The van der Waals surface area contributed by atoms with Crippen molar-refractivity contribution in [3.63, 3.8) is 0 Å². The van der Waals surface area contributed by atoms with Gasteiger partial charge >= 0.3 is 0 Å². The van der Waals surface area contributed by atoms with Gasteiger partial charge in [-0.3, -0.25) is 14.9 Å². The standard InChI is InChI=1S/C11H11ClN4O/c1-2-7-6-14-16-10(7)15-11(17)9-5-8(12)3-4-13-9/h3-6H,2H2,1H3,(H2,14,15,16,17). The Bertz CT molecular complexity index is 538. The first-order valence-corrected chi connectivity index (χ1v) is 5.53. The van der Waals surface area contributed by atoms with Crippen LogP contribution in [-0.2, 0) is 6.42 Å². The third kappa shape index (κ3) is 2.62. The summed E-state index contributed by atoms with van der Waals surface area (Å²) in [4.78, 5) is 15.8. The zero-order chi connectivity index (χ0) is 12.3. The summed E-state index contributed by atoms with van der Waals surface area (Å²) in [6.07, 6.45) is 3.96. The maximum absolute atomic E-state index is 11.9. The van der Waals surface area contributed by atoms with E-state index in [0.29, 0.717) is 10.8 Å². The van der Waals surface area contributed by atoms with Crippen LogP contribution in [0.2, 0.25) is 5.02 Å². The minimum Gasteiger partial charge on any atom is -0.305 e. The normalized spacial score (nSPS) is 10.2. The van der Waals surface area contributed by atoms with Crippen LogP contribution in [0.1, 0.15) is 23.0 Å². The number of rotatable bonds is 3. The quantitative estimate of drug-likeness (QED) is 0.878. The predicted molar refractivity (Wildman–Crippen MR) is 65.2 cm³/mol. The summed E-state index contributed by atoms with van der Waals surface area (Å²) in [7, 11) is 0. The molecule has 0 spiro atoms. The van der Waals surface area contributed by atoms with Gasteiger partial charge in [-0.25, -0.2) is 0 Å². The molecule has 6 heteroatoms. The van der Waals surface area contributed by atoms with Gasteiger partial charge in [0.15, 0.2) is 0 Å². The molecule has 2 heterocycles. The molecule has 0 fully saturated rings. The number of hydrogen-bond acceptors (Lipinski definition) is 3. The maximum atomic E-state index is 11.9. The molecule has 0 aliphatic heterocycles. The van der Waals surface area contributed by atoms with Gasteiger partial charge < -0.3 is 5.32 Å². The average molecular weight is 251 g/mol. The molecule has 2 rings (SSSR count). The highest BCUT2D eigenvalue weighted by atomic mass is 35.5. The highest BCUT2D eigenvalue weighted by molar-refractivity contribution is 6.30. The summed E-state index contributed by atoms with van der Waals surface area (Å²) >= 11 is 5.79. The van der Waals surface area contributed by atoms with Crippen LogP contribution < -0.4 is 5.32 Å². The summed E-state index contributed by atoms with van der Waals surface area (Å²) in [5, 5.41) is 9.78. The Labute approximate surface area is 103 Å². The molecule has 0 unspecified atom stereocenters. The molecule has 0 radical (unpaired) electrons. The monoisotopic (exact) mass is 250 g/mol. The first kappa shape index (κ1) is 11.6. The van der Waals surface area contributed by atoms with E-state index in [9.17, 15) is 4.79 Å².